The standard InChI is InChI=1S/C21H23FN4OS2/c1-14(2)12-26-20(17-9-4-5-10-18(17)22)24-25-21(26)29-13-19(27)23-15-7-6-8-16(11-15)28-3/h4-11,14H,12-13H2,1-3H3,(H,23,27). The molecule has 5 nitrogen and oxygen atoms in total. The minimum Gasteiger partial charge on any atom is -0.325 e. The molecule has 1 aromatic heterocycles. The maximum atomic E-state index is 14.3. The molecule has 0 unspecified atom stereocenters. The molecule has 29 heavy (non-hydrogen) atoms. The van der Waals surface area contributed by atoms with Crippen LogP contribution in [0, 0.1) is 11.7 Å². The van der Waals surface area contributed by atoms with Gasteiger partial charge in [0.1, 0.15) is 5.82 Å². The molecule has 0 radical (unpaired) electrons. The van der Waals surface area contributed by atoms with Crippen LogP contribution in [-0.4, -0.2) is 32.7 Å². The Morgan fingerprint density at radius 3 is 2.69 bits per heavy atom. The highest BCUT2D eigenvalue weighted by atomic mass is 32.2. The number of aromatic nitrogens is 3. The van der Waals surface area contributed by atoms with Crippen LogP contribution in [0.3, 0.4) is 0 Å². The van der Waals surface area contributed by atoms with Crippen LogP contribution in [0.5, 0.6) is 0 Å². The van der Waals surface area contributed by atoms with E-state index in [-0.39, 0.29) is 17.5 Å². The Bertz CT molecular complexity index is 990. The van der Waals surface area contributed by atoms with Gasteiger partial charge in [0.15, 0.2) is 11.0 Å². The Labute approximate surface area is 178 Å². The normalized spacial score (nSPS) is 11.1. The zero-order chi connectivity index (χ0) is 20.8. The minimum absolute atomic E-state index is 0.125. The molecule has 0 aliphatic heterocycles. The van der Waals surface area contributed by atoms with Crippen LogP contribution < -0.4 is 5.32 Å². The molecule has 152 valence electrons. The van der Waals surface area contributed by atoms with Crippen molar-refractivity contribution in [1.29, 1.82) is 0 Å². The molecular formula is C21H23FN4OS2. The van der Waals surface area contributed by atoms with Gasteiger partial charge in [-0.2, -0.15) is 0 Å². The lowest BCUT2D eigenvalue weighted by Gasteiger charge is -2.13. The molecule has 3 rings (SSSR count). The highest BCUT2D eigenvalue weighted by Crippen LogP contribution is 2.27. The summed E-state index contributed by atoms with van der Waals surface area (Å²) in [7, 11) is 0. The molecule has 0 saturated carbocycles. The first-order chi connectivity index (χ1) is 14.0. The van der Waals surface area contributed by atoms with Gasteiger partial charge in [0.05, 0.1) is 11.3 Å². The van der Waals surface area contributed by atoms with Gasteiger partial charge in [-0.05, 0) is 42.5 Å². The van der Waals surface area contributed by atoms with Crippen molar-refractivity contribution in [2.24, 2.45) is 5.92 Å². The second-order valence-corrected chi connectivity index (χ2v) is 8.68. The molecule has 2 aromatic carbocycles. The summed E-state index contributed by atoms with van der Waals surface area (Å²) in [6.45, 7) is 4.78. The second kappa shape index (κ2) is 9.93. The van der Waals surface area contributed by atoms with Crippen molar-refractivity contribution in [3.63, 3.8) is 0 Å². The highest BCUT2D eigenvalue weighted by molar-refractivity contribution is 7.99. The van der Waals surface area contributed by atoms with Crippen LogP contribution in [0.4, 0.5) is 10.1 Å². The van der Waals surface area contributed by atoms with Gasteiger partial charge in [-0.3, -0.25) is 4.79 Å². The number of halogens is 1. The first-order valence-electron chi connectivity index (χ1n) is 9.22. The average molecular weight is 431 g/mol. The summed E-state index contributed by atoms with van der Waals surface area (Å²) in [5, 5.41) is 11.9. The number of amides is 1. The average Bonchev–Trinajstić information content (AvgIpc) is 3.08. The lowest BCUT2D eigenvalue weighted by molar-refractivity contribution is -0.113. The van der Waals surface area contributed by atoms with E-state index in [1.54, 1.807) is 30.0 Å². The monoisotopic (exact) mass is 430 g/mol. The Morgan fingerprint density at radius 2 is 1.97 bits per heavy atom. The fourth-order valence-electron chi connectivity index (χ4n) is 2.80. The number of nitrogens with one attached hydrogen (secondary N) is 1. The molecule has 8 heteroatoms. The zero-order valence-electron chi connectivity index (χ0n) is 16.6. The topological polar surface area (TPSA) is 59.8 Å². The van der Waals surface area contributed by atoms with Crippen molar-refractivity contribution in [3.8, 4) is 11.4 Å². The first-order valence-corrected chi connectivity index (χ1v) is 11.4. The summed E-state index contributed by atoms with van der Waals surface area (Å²) in [4.78, 5) is 13.5. The fraction of sp³-hybridized carbons (Fsp3) is 0.286. The Hall–Kier alpha value is -2.32. The summed E-state index contributed by atoms with van der Waals surface area (Å²) in [5.74, 6) is 0.524. The predicted molar refractivity (Wildman–Crippen MR) is 118 cm³/mol. The number of carbonyl (C=O) groups excluding carboxylic acids is 1. The molecule has 1 heterocycles. The maximum absolute atomic E-state index is 14.3. The van der Waals surface area contributed by atoms with Crippen molar-refractivity contribution >= 4 is 35.1 Å². The molecule has 0 aliphatic rings. The van der Waals surface area contributed by atoms with Gasteiger partial charge in [0.25, 0.3) is 0 Å². The van der Waals surface area contributed by atoms with E-state index in [0.717, 1.165) is 10.6 Å². The minimum atomic E-state index is -0.340. The highest BCUT2D eigenvalue weighted by Gasteiger charge is 2.18. The second-order valence-electron chi connectivity index (χ2n) is 6.86. The Kier molecular flexibility index (Phi) is 7.33. The van der Waals surface area contributed by atoms with Gasteiger partial charge < -0.3 is 9.88 Å². The van der Waals surface area contributed by atoms with Crippen LogP contribution in [-0.2, 0) is 11.3 Å². The molecule has 0 bridgehead atoms. The molecular weight excluding hydrogens is 407 g/mol. The quantitative estimate of drug-likeness (QED) is 0.498. The summed E-state index contributed by atoms with van der Waals surface area (Å²) < 4.78 is 16.2. The van der Waals surface area contributed by atoms with Crippen LogP contribution in [0.25, 0.3) is 11.4 Å². The molecule has 0 saturated heterocycles. The van der Waals surface area contributed by atoms with Gasteiger partial charge >= 0.3 is 0 Å². The molecule has 0 fully saturated rings. The summed E-state index contributed by atoms with van der Waals surface area (Å²) in [5.41, 5.74) is 1.17. The van der Waals surface area contributed by atoms with E-state index in [4.69, 9.17) is 0 Å². The van der Waals surface area contributed by atoms with Crippen LogP contribution >= 0.6 is 23.5 Å². The Morgan fingerprint density at radius 1 is 1.17 bits per heavy atom. The smallest absolute Gasteiger partial charge is 0.234 e. The van der Waals surface area contributed by atoms with Crippen molar-refractivity contribution in [1.82, 2.24) is 14.8 Å². The fourth-order valence-corrected chi connectivity index (χ4v) is 4.00. The SMILES string of the molecule is CSc1cccc(NC(=O)CSc2nnc(-c3ccccc3F)n2CC(C)C)c1. The van der Waals surface area contributed by atoms with E-state index in [2.05, 4.69) is 29.4 Å². The summed E-state index contributed by atoms with van der Waals surface area (Å²) in [6.07, 6.45) is 1.99. The third-order valence-corrected chi connectivity index (χ3v) is 5.76. The van der Waals surface area contributed by atoms with Crippen LogP contribution in [0.2, 0.25) is 0 Å². The van der Waals surface area contributed by atoms with Gasteiger partial charge in [-0.15, -0.1) is 22.0 Å². The van der Waals surface area contributed by atoms with Gasteiger partial charge in [0.2, 0.25) is 5.91 Å². The van der Waals surface area contributed by atoms with E-state index in [9.17, 15) is 9.18 Å². The Balaban J connectivity index is 1.75. The number of carbonyl (C=O) groups is 1. The van der Waals surface area contributed by atoms with Gasteiger partial charge in [-0.25, -0.2) is 4.39 Å². The van der Waals surface area contributed by atoms with Crippen molar-refractivity contribution < 1.29 is 9.18 Å². The molecule has 0 atom stereocenters. The molecule has 0 spiro atoms. The zero-order valence-corrected chi connectivity index (χ0v) is 18.2. The van der Waals surface area contributed by atoms with E-state index < -0.39 is 0 Å². The number of hydrogen-bond donors (Lipinski definition) is 1. The maximum Gasteiger partial charge on any atom is 0.234 e. The lowest BCUT2D eigenvalue weighted by atomic mass is 10.2. The third-order valence-electron chi connectivity index (χ3n) is 4.07. The predicted octanol–water partition coefficient (Wildman–Crippen LogP) is 5.19. The van der Waals surface area contributed by atoms with Gasteiger partial charge in [-0.1, -0.05) is 43.8 Å². The molecule has 1 N–H and O–H groups in total. The van der Waals surface area contributed by atoms with Crippen molar-refractivity contribution in [2.75, 3.05) is 17.3 Å². The lowest BCUT2D eigenvalue weighted by Crippen LogP contribution is -2.15. The summed E-state index contributed by atoms with van der Waals surface area (Å²) >= 11 is 2.92. The van der Waals surface area contributed by atoms with Crippen LogP contribution in [0.1, 0.15) is 13.8 Å². The van der Waals surface area contributed by atoms with Crippen LogP contribution in [0.15, 0.2) is 58.6 Å². The number of nitrogens with zero attached hydrogens (tertiary/aromatic N) is 3. The van der Waals surface area contributed by atoms with Crippen molar-refractivity contribution in [2.45, 2.75) is 30.4 Å². The summed E-state index contributed by atoms with van der Waals surface area (Å²) in [6, 6.07) is 14.2. The van der Waals surface area contributed by atoms with Gasteiger partial charge in [0, 0.05) is 17.1 Å². The number of benzene rings is 2. The van der Waals surface area contributed by atoms with Crippen molar-refractivity contribution in [3.05, 3.63) is 54.3 Å². The number of hydrogen-bond acceptors (Lipinski definition) is 5. The van der Waals surface area contributed by atoms with E-state index >= 15 is 0 Å². The third kappa shape index (κ3) is 5.61. The largest absolute Gasteiger partial charge is 0.325 e. The van der Waals surface area contributed by atoms with E-state index in [0.29, 0.717) is 29.0 Å². The first kappa shape index (κ1) is 21.4. The number of thioether (sulfide) groups is 2. The molecule has 0 aliphatic carbocycles. The molecule has 3 aromatic rings. The van der Waals surface area contributed by atoms with E-state index in [1.165, 1.54) is 17.8 Å². The van der Waals surface area contributed by atoms with E-state index in [1.807, 2.05) is 35.1 Å². The number of anilines is 1. The number of rotatable bonds is 8. The molecule has 1 amide bonds.